The van der Waals surface area contributed by atoms with Gasteiger partial charge in [0.05, 0.1) is 31.5 Å². The molecule has 0 aromatic heterocycles. The SMILES string of the molecule is CCOC(=O)[C@@H](NC(c1ccccc1)c1ccccc1)[C@]1(OCc2ccc(Br)cc2)C(=O)N(Cc2ccccc2)c2ccccc21. The van der Waals surface area contributed by atoms with Crippen molar-refractivity contribution in [3.63, 3.8) is 0 Å². The first kappa shape index (κ1) is 31.4. The number of hydrogen-bond donors (Lipinski definition) is 1. The van der Waals surface area contributed by atoms with Crippen LogP contribution in [0.2, 0.25) is 0 Å². The third kappa shape index (κ3) is 6.40. The van der Waals surface area contributed by atoms with Gasteiger partial charge in [0.1, 0.15) is 6.04 Å². The van der Waals surface area contributed by atoms with Crippen molar-refractivity contribution in [2.45, 2.75) is 37.8 Å². The Balaban J connectivity index is 1.52. The molecule has 1 aliphatic heterocycles. The summed E-state index contributed by atoms with van der Waals surface area (Å²) in [5, 5.41) is 3.60. The lowest BCUT2D eigenvalue weighted by molar-refractivity contribution is -0.169. The van der Waals surface area contributed by atoms with Crippen molar-refractivity contribution in [2.24, 2.45) is 0 Å². The molecule has 0 aliphatic carbocycles. The van der Waals surface area contributed by atoms with Gasteiger partial charge in [0.2, 0.25) is 0 Å². The molecule has 5 aromatic carbocycles. The van der Waals surface area contributed by atoms with E-state index in [-0.39, 0.29) is 19.1 Å². The minimum Gasteiger partial charge on any atom is -0.465 e. The van der Waals surface area contributed by atoms with Crippen LogP contribution in [0.3, 0.4) is 0 Å². The third-order valence-corrected chi connectivity index (χ3v) is 8.78. The van der Waals surface area contributed by atoms with Crippen molar-refractivity contribution in [3.8, 4) is 0 Å². The van der Waals surface area contributed by atoms with E-state index in [0.29, 0.717) is 17.8 Å². The lowest BCUT2D eigenvalue weighted by Gasteiger charge is -2.38. The van der Waals surface area contributed by atoms with Gasteiger partial charge >= 0.3 is 5.97 Å². The second kappa shape index (κ2) is 14.3. The highest BCUT2D eigenvalue weighted by Crippen LogP contribution is 2.47. The molecular weight excluding hydrogens is 640 g/mol. The summed E-state index contributed by atoms with van der Waals surface area (Å²) in [6.07, 6.45) is 0. The van der Waals surface area contributed by atoms with Gasteiger partial charge in [-0.2, -0.15) is 0 Å². The first-order chi connectivity index (χ1) is 22.5. The number of para-hydroxylation sites is 1. The number of benzene rings is 5. The van der Waals surface area contributed by atoms with Gasteiger partial charge in [0.15, 0.2) is 5.60 Å². The van der Waals surface area contributed by atoms with Crippen LogP contribution < -0.4 is 10.2 Å². The molecule has 0 saturated heterocycles. The minimum absolute atomic E-state index is 0.0887. The first-order valence-electron chi connectivity index (χ1n) is 15.4. The molecule has 232 valence electrons. The van der Waals surface area contributed by atoms with E-state index in [0.717, 1.165) is 26.7 Å². The molecule has 0 fully saturated rings. The molecule has 5 aromatic rings. The zero-order valence-electron chi connectivity index (χ0n) is 25.5. The van der Waals surface area contributed by atoms with Crippen LogP contribution in [0.5, 0.6) is 0 Å². The molecule has 1 N–H and O–H groups in total. The van der Waals surface area contributed by atoms with Crippen LogP contribution in [-0.4, -0.2) is 24.5 Å². The van der Waals surface area contributed by atoms with Crippen LogP contribution in [-0.2, 0) is 37.8 Å². The molecule has 1 amide bonds. The monoisotopic (exact) mass is 674 g/mol. The van der Waals surface area contributed by atoms with E-state index in [1.807, 2.05) is 140 Å². The molecule has 6 nitrogen and oxygen atoms in total. The van der Waals surface area contributed by atoms with Crippen molar-refractivity contribution in [1.29, 1.82) is 0 Å². The molecule has 0 saturated carbocycles. The van der Waals surface area contributed by atoms with E-state index in [1.165, 1.54) is 0 Å². The lowest BCUT2D eigenvalue weighted by Crippen LogP contribution is -2.60. The molecule has 0 radical (unpaired) electrons. The average Bonchev–Trinajstić information content (AvgIpc) is 3.33. The molecule has 1 heterocycles. The maximum absolute atomic E-state index is 15.1. The molecule has 0 bridgehead atoms. The fraction of sp³-hybridized carbons (Fsp3) is 0.179. The number of nitrogens with zero attached hydrogens (tertiary/aromatic N) is 1. The van der Waals surface area contributed by atoms with Crippen molar-refractivity contribution < 1.29 is 19.1 Å². The van der Waals surface area contributed by atoms with Gasteiger partial charge in [-0.3, -0.25) is 14.9 Å². The summed E-state index contributed by atoms with van der Waals surface area (Å²) in [7, 11) is 0. The highest BCUT2D eigenvalue weighted by atomic mass is 79.9. The van der Waals surface area contributed by atoms with Gasteiger partial charge in [0, 0.05) is 10.0 Å². The number of anilines is 1. The van der Waals surface area contributed by atoms with Gasteiger partial charge in [-0.1, -0.05) is 137 Å². The van der Waals surface area contributed by atoms with E-state index in [1.54, 1.807) is 11.8 Å². The third-order valence-electron chi connectivity index (χ3n) is 8.25. The molecule has 2 atom stereocenters. The summed E-state index contributed by atoms with van der Waals surface area (Å²) in [6, 6.07) is 43.3. The summed E-state index contributed by atoms with van der Waals surface area (Å²) in [5.74, 6) is -0.903. The maximum Gasteiger partial charge on any atom is 0.327 e. The van der Waals surface area contributed by atoms with Crippen molar-refractivity contribution in [2.75, 3.05) is 11.5 Å². The number of nitrogens with one attached hydrogen (secondary N) is 1. The number of carbonyl (C=O) groups is 2. The maximum atomic E-state index is 15.1. The van der Waals surface area contributed by atoms with Crippen LogP contribution in [0.25, 0.3) is 0 Å². The summed E-state index contributed by atoms with van der Waals surface area (Å²) in [5.41, 5.74) is 3.25. The second-order valence-corrected chi connectivity index (χ2v) is 12.1. The summed E-state index contributed by atoms with van der Waals surface area (Å²) in [4.78, 5) is 31.1. The molecule has 46 heavy (non-hydrogen) atoms. The lowest BCUT2D eigenvalue weighted by atomic mass is 9.85. The van der Waals surface area contributed by atoms with Crippen molar-refractivity contribution in [1.82, 2.24) is 5.32 Å². The van der Waals surface area contributed by atoms with E-state index in [9.17, 15) is 4.79 Å². The Morgan fingerprint density at radius 1 is 0.761 bits per heavy atom. The van der Waals surface area contributed by atoms with E-state index < -0.39 is 23.7 Å². The van der Waals surface area contributed by atoms with Gasteiger partial charge in [-0.15, -0.1) is 0 Å². The highest BCUT2D eigenvalue weighted by Gasteiger charge is 2.60. The molecule has 7 heteroatoms. The Morgan fingerprint density at radius 2 is 1.33 bits per heavy atom. The Kier molecular flexibility index (Phi) is 9.73. The molecular formula is C39H35BrN2O4. The Hall–Kier alpha value is -4.56. The molecule has 6 rings (SSSR count). The Morgan fingerprint density at radius 3 is 1.93 bits per heavy atom. The zero-order valence-corrected chi connectivity index (χ0v) is 27.1. The molecule has 0 spiro atoms. The standard InChI is InChI=1S/C39H35BrN2O4/c1-2-45-37(43)36(41-35(30-16-8-4-9-17-30)31-18-10-5-11-19-31)39(46-27-29-22-24-32(40)25-23-29)33-20-12-13-21-34(33)42(38(39)44)26-28-14-6-3-7-15-28/h3-25,35-36,41H,2,26-27H2,1H3/t36-,39+/m1/s1. The van der Waals surface area contributed by atoms with Gasteiger partial charge < -0.3 is 14.4 Å². The summed E-state index contributed by atoms with van der Waals surface area (Å²) < 4.78 is 13.5. The van der Waals surface area contributed by atoms with Gasteiger partial charge in [0.25, 0.3) is 5.91 Å². The minimum atomic E-state index is -1.74. The number of hydrogen-bond acceptors (Lipinski definition) is 5. The topological polar surface area (TPSA) is 67.9 Å². The molecule has 0 unspecified atom stereocenters. The van der Waals surface area contributed by atoms with E-state index in [4.69, 9.17) is 9.47 Å². The Labute approximate surface area is 278 Å². The van der Waals surface area contributed by atoms with Crippen LogP contribution in [0.15, 0.2) is 144 Å². The number of halogens is 1. The van der Waals surface area contributed by atoms with Crippen LogP contribution >= 0.6 is 15.9 Å². The predicted octanol–water partition coefficient (Wildman–Crippen LogP) is 7.72. The quantitative estimate of drug-likeness (QED) is 0.137. The number of rotatable bonds is 12. The fourth-order valence-corrected chi connectivity index (χ4v) is 6.33. The number of ether oxygens (including phenoxy) is 2. The second-order valence-electron chi connectivity index (χ2n) is 11.2. The zero-order chi connectivity index (χ0) is 31.9. The number of carbonyl (C=O) groups excluding carboxylic acids is 2. The van der Waals surface area contributed by atoms with E-state index >= 15 is 4.79 Å². The number of amides is 1. The average molecular weight is 676 g/mol. The normalized spacial score (nSPS) is 16.3. The number of fused-ring (bicyclic) bond motifs is 1. The van der Waals surface area contributed by atoms with Gasteiger partial charge in [-0.05, 0) is 47.4 Å². The summed E-state index contributed by atoms with van der Waals surface area (Å²) in [6.45, 7) is 2.31. The smallest absolute Gasteiger partial charge is 0.327 e. The highest BCUT2D eigenvalue weighted by molar-refractivity contribution is 9.10. The Bertz CT molecular complexity index is 1730. The first-order valence-corrected chi connectivity index (χ1v) is 16.2. The largest absolute Gasteiger partial charge is 0.465 e. The number of esters is 1. The van der Waals surface area contributed by atoms with Crippen LogP contribution in [0.4, 0.5) is 5.69 Å². The van der Waals surface area contributed by atoms with E-state index in [2.05, 4.69) is 21.2 Å². The molecule has 1 aliphatic rings. The fourth-order valence-electron chi connectivity index (χ4n) is 6.07. The van der Waals surface area contributed by atoms with Crippen molar-refractivity contribution in [3.05, 3.63) is 172 Å². The van der Waals surface area contributed by atoms with Crippen LogP contribution in [0, 0.1) is 0 Å². The van der Waals surface area contributed by atoms with Crippen LogP contribution in [0.1, 0.15) is 40.8 Å². The van der Waals surface area contributed by atoms with Gasteiger partial charge in [-0.25, -0.2) is 0 Å². The predicted molar refractivity (Wildman–Crippen MR) is 183 cm³/mol. The summed E-state index contributed by atoms with van der Waals surface area (Å²) >= 11 is 3.50. The van der Waals surface area contributed by atoms with Crippen molar-refractivity contribution >= 4 is 33.5 Å².